The van der Waals surface area contributed by atoms with Gasteiger partial charge in [0, 0.05) is 0 Å². The summed E-state index contributed by atoms with van der Waals surface area (Å²) in [5.41, 5.74) is 3.04. The molecule has 3 aromatic rings. The summed E-state index contributed by atoms with van der Waals surface area (Å²) in [4.78, 5) is 0. The van der Waals surface area contributed by atoms with Crippen LogP contribution in [-0.4, -0.2) is 0 Å². The van der Waals surface area contributed by atoms with Crippen molar-refractivity contribution in [1.82, 2.24) is 0 Å². The van der Waals surface area contributed by atoms with Gasteiger partial charge in [0.1, 0.15) is 0 Å². The summed E-state index contributed by atoms with van der Waals surface area (Å²) in [6.45, 7) is 9.24. The summed E-state index contributed by atoms with van der Waals surface area (Å²) in [7, 11) is 0. The van der Waals surface area contributed by atoms with Gasteiger partial charge in [-0.25, -0.2) is 0 Å². The maximum atomic E-state index is 2.31. The molecule has 0 bridgehead atoms. The van der Waals surface area contributed by atoms with E-state index in [-0.39, 0.29) is 0 Å². The van der Waals surface area contributed by atoms with E-state index in [9.17, 15) is 0 Å². The number of hydrogen-bond acceptors (Lipinski definition) is 0. The normalized spacial score (nSPS) is 11.9. The van der Waals surface area contributed by atoms with E-state index in [1.165, 1.54) is 32.7 Å². The summed E-state index contributed by atoms with van der Waals surface area (Å²) >= 11 is 0. The van der Waals surface area contributed by atoms with Gasteiger partial charge in [0.25, 0.3) is 0 Å². The van der Waals surface area contributed by atoms with E-state index in [1.807, 2.05) is 0 Å². The first-order valence-electron chi connectivity index (χ1n) is 8.49. The molecule has 0 saturated heterocycles. The zero-order valence-electron chi connectivity index (χ0n) is 14.2. The zero-order valence-corrected chi connectivity index (χ0v) is 14.2. The highest BCUT2D eigenvalue weighted by molar-refractivity contribution is 6.05. The van der Waals surface area contributed by atoms with Crippen LogP contribution in [0.3, 0.4) is 0 Å². The van der Waals surface area contributed by atoms with Crippen LogP contribution in [0.2, 0.25) is 0 Å². The largest absolute Gasteiger partial charge is 0.0625 e. The molecule has 0 fully saturated rings. The Morgan fingerprint density at radius 2 is 0.818 bits per heavy atom. The molecule has 0 heterocycles. The Labute approximate surface area is 134 Å². The van der Waals surface area contributed by atoms with Crippen molar-refractivity contribution in [2.24, 2.45) is 11.8 Å². The molecule has 0 N–H and O–H groups in total. The zero-order chi connectivity index (χ0) is 15.7. The number of fused-ring (bicyclic) bond motifs is 2. The molecule has 0 amide bonds. The van der Waals surface area contributed by atoms with Gasteiger partial charge in [0.2, 0.25) is 0 Å². The molecule has 0 aliphatic heterocycles. The third-order valence-corrected chi connectivity index (χ3v) is 4.38. The van der Waals surface area contributed by atoms with Gasteiger partial charge in [-0.3, -0.25) is 0 Å². The highest BCUT2D eigenvalue weighted by atomic mass is 14.2. The van der Waals surface area contributed by atoms with Gasteiger partial charge in [-0.1, -0.05) is 76.2 Å². The molecular weight excluding hydrogens is 264 g/mol. The predicted octanol–water partition coefficient (Wildman–Crippen LogP) is 6.39. The molecular formula is C22H26. The third kappa shape index (κ3) is 2.75. The lowest BCUT2D eigenvalue weighted by molar-refractivity contribution is 0.649. The molecule has 0 nitrogen and oxygen atoms in total. The quantitative estimate of drug-likeness (QED) is 0.488. The van der Waals surface area contributed by atoms with Gasteiger partial charge in [0.05, 0.1) is 0 Å². The van der Waals surface area contributed by atoms with E-state index in [2.05, 4.69) is 76.2 Å². The van der Waals surface area contributed by atoms with Crippen LogP contribution >= 0.6 is 0 Å². The Kier molecular flexibility index (Phi) is 4.20. The summed E-state index contributed by atoms with van der Waals surface area (Å²) in [6.07, 6.45) is 2.28. The monoisotopic (exact) mass is 290 g/mol. The molecule has 0 radical (unpaired) electrons. The summed E-state index contributed by atoms with van der Waals surface area (Å²) in [5.74, 6) is 1.34. The lowest BCUT2D eigenvalue weighted by Gasteiger charge is -2.19. The van der Waals surface area contributed by atoms with Crippen LogP contribution in [0.4, 0.5) is 0 Å². The van der Waals surface area contributed by atoms with Crippen molar-refractivity contribution < 1.29 is 0 Å². The molecule has 3 rings (SSSR count). The van der Waals surface area contributed by atoms with Crippen LogP contribution in [0.25, 0.3) is 21.5 Å². The van der Waals surface area contributed by atoms with Crippen LogP contribution < -0.4 is 0 Å². The molecule has 0 atom stereocenters. The summed E-state index contributed by atoms with van der Waals surface area (Å²) < 4.78 is 0. The van der Waals surface area contributed by atoms with Crippen LogP contribution in [0.1, 0.15) is 38.8 Å². The minimum atomic E-state index is 0.669. The molecule has 22 heavy (non-hydrogen) atoms. The van der Waals surface area contributed by atoms with Crippen molar-refractivity contribution in [3.8, 4) is 0 Å². The van der Waals surface area contributed by atoms with Crippen molar-refractivity contribution in [1.29, 1.82) is 0 Å². The van der Waals surface area contributed by atoms with Crippen molar-refractivity contribution in [2.45, 2.75) is 40.5 Å². The Bertz CT molecular complexity index is 669. The van der Waals surface area contributed by atoms with Crippen molar-refractivity contribution >= 4 is 21.5 Å². The second-order valence-corrected chi connectivity index (χ2v) is 7.24. The number of benzene rings is 3. The van der Waals surface area contributed by atoms with Gasteiger partial charge < -0.3 is 0 Å². The third-order valence-electron chi connectivity index (χ3n) is 4.38. The molecule has 0 aromatic heterocycles. The first-order chi connectivity index (χ1) is 10.6. The second kappa shape index (κ2) is 6.12. The molecule has 0 aliphatic rings. The van der Waals surface area contributed by atoms with Gasteiger partial charge in [-0.15, -0.1) is 0 Å². The molecule has 0 saturated carbocycles. The SMILES string of the molecule is CC(C)Cc1c2ccccc2c(CC(C)C)c2ccccc12. The molecule has 0 aliphatic carbocycles. The maximum Gasteiger partial charge on any atom is -0.0143 e. The van der Waals surface area contributed by atoms with Gasteiger partial charge in [0.15, 0.2) is 0 Å². The van der Waals surface area contributed by atoms with Crippen LogP contribution in [0.15, 0.2) is 48.5 Å². The molecule has 114 valence electrons. The highest BCUT2D eigenvalue weighted by Crippen LogP contribution is 2.35. The molecule has 0 spiro atoms. The summed E-state index contributed by atoms with van der Waals surface area (Å²) in [5, 5.41) is 5.80. The predicted molar refractivity (Wildman–Crippen MR) is 98.5 cm³/mol. The van der Waals surface area contributed by atoms with Crippen molar-refractivity contribution in [3.63, 3.8) is 0 Å². The fourth-order valence-electron chi connectivity index (χ4n) is 3.57. The van der Waals surface area contributed by atoms with Crippen molar-refractivity contribution in [2.75, 3.05) is 0 Å². The van der Waals surface area contributed by atoms with Crippen LogP contribution in [-0.2, 0) is 12.8 Å². The van der Waals surface area contributed by atoms with E-state index < -0.39 is 0 Å². The van der Waals surface area contributed by atoms with E-state index >= 15 is 0 Å². The Hall–Kier alpha value is -1.82. The van der Waals surface area contributed by atoms with Gasteiger partial charge in [-0.05, 0) is 57.3 Å². The Morgan fingerprint density at radius 1 is 0.545 bits per heavy atom. The van der Waals surface area contributed by atoms with Crippen LogP contribution in [0.5, 0.6) is 0 Å². The van der Waals surface area contributed by atoms with Crippen LogP contribution in [0, 0.1) is 11.8 Å². The minimum Gasteiger partial charge on any atom is -0.0625 e. The molecule has 3 aromatic carbocycles. The molecule has 0 unspecified atom stereocenters. The lowest BCUT2D eigenvalue weighted by Crippen LogP contribution is -2.02. The minimum absolute atomic E-state index is 0.669. The highest BCUT2D eigenvalue weighted by Gasteiger charge is 2.14. The van der Waals surface area contributed by atoms with E-state index in [0.717, 1.165) is 12.8 Å². The van der Waals surface area contributed by atoms with E-state index in [4.69, 9.17) is 0 Å². The molecule has 0 heteroatoms. The van der Waals surface area contributed by atoms with E-state index in [0.29, 0.717) is 11.8 Å². The topological polar surface area (TPSA) is 0 Å². The number of hydrogen-bond donors (Lipinski definition) is 0. The summed E-state index contributed by atoms with van der Waals surface area (Å²) in [6, 6.07) is 18.0. The smallest absolute Gasteiger partial charge is 0.0143 e. The number of rotatable bonds is 4. The van der Waals surface area contributed by atoms with Gasteiger partial charge >= 0.3 is 0 Å². The van der Waals surface area contributed by atoms with Crippen molar-refractivity contribution in [3.05, 3.63) is 59.7 Å². The standard InChI is InChI=1S/C22H26/c1-15(2)13-21-17-9-5-7-11-19(17)22(14-16(3)4)20-12-8-6-10-18(20)21/h5-12,15-16H,13-14H2,1-4H3. The lowest BCUT2D eigenvalue weighted by atomic mass is 9.85. The average molecular weight is 290 g/mol. The fourth-order valence-corrected chi connectivity index (χ4v) is 3.57. The Balaban J connectivity index is 2.42. The van der Waals surface area contributed by atoms with Gasteiger partial charge in [-0.2, -0.15) is 0 Å². The second-order valence-electron chi connectivity index (χ2n) is 7.24. The fraction of sp³-hybridized carbons (Fsp3) is 0.364. The Morgan fingerprint density at radius 3 is 1.05 bits per heavy atom. The first kappa shape index (κ1) is 15.1. The maximum absolute atomic E-state index is 2.31. The van der Waals surface area contributed by atoms with E-state index in [1.54, 1.807) is 0 Å². The first-order valence-corrected chi connectivity index (χ1v) is 8.49. The average Bonchev–Trinajstić information content (AvgIpc) is 2.50.